The van der Waals surface area contributed by atoms with E-state index < -0.39 is 23.5 Å². The summed E-state index contributed by atoms with van der Waals surface area (Å²) in [6, 6.07) is 11.9. The first kappa shape index (κ1) is 19.3. The Morgan fingerprint density at radius 1 is 1.11 bits per heavy atom. The molecule has 0 saturated heterocycles. The molecule has 1 aromatic heterocycles. The topological polar surface area (TPSA) is 41.6 Å². The Balaban J connectivity index is 1.99. The van der Waals surface area contributed by atoms with Crippen molar-refractivity contribution in [2.45, 2.75) is 13.1 Å². The molecule has 0 saturated carbocycles. The third kappa shape index (κ3) is 3.78. The van der Waals surface area contributed by atoms with E-state index in [1.807, 2.05) is 0 Å². The number of allylic oxidation sites excluding steroid dienone is 1. The highest BCUT2D eigenvalue weighted by molar-refractivity contribution is 5.89. The van der Waals surface area contributed by atoms with Crippen molar-refractivity contribution in [3.05, 3.63) is 82.7 Å². The molecule has 0 radical (unpaired) electrons. The Kier molecular flexibility index (Phi) is 5.01. The maximum absolute atomic E-state index is 13.9. The number of hydrogen-bond acceptors (Lipinski definition) is 2. The van der Waals surface area contributed by atoms with Crippen LogP contribution in [-0.2, 0) is 6.18 Å². The molecule has 0 spiro atoms. The lowest BCUT2D eigenvalue weighted by Crippen LogP contribution is -2.13. The zero-order valence-electron chi connectivity index (χ0n) is 14.4. The summed E-state index contributed by atoms with van der Waals surface area (Å²) in [5, 5.41) is 13.1. The van der Waals surface area contributed by atoms with Crippen molar-refractivity contribution < 1.29 is 22.0 Å². The molecular weight excluding hydrogens is 377 g/mol. The SMILES string of the molecule is Cc1cc(C(F)(F)F)n(-c2ccc(C=C(C#N)c3cccc(F)c3F)cc2)n1. The number of nitriles is 1. The first-order chi connectivity index (χ1) is 13.2. The number of alkyl halides is 3. The monoisotopic (exact) mass is 389 g/mol. The number of hydrogen-bond donors (Lipinski definition) is 0. The van der Waals surface area contributed by atoms with Gasteiger partial charge in [-0.1, -0.05) is 24.3 Å². The number of benzene rings is 2. The normalized spacial score (nSPS) is 12.1. The first-order valence-electron chi connectivity index (χ1n) is 8.01. The van der Waals surface area contributed by atoms with E-state index in [9.17, 15) is 27.2 Å². The summed E-state index contributed by atoms with van der Waals surface area (Å²) in [6.45, 7) is 1.45. The van der Waals surface area contributed by atoms with Crippen molar-refractivity contribution in [2.75, 3.05) is 0 Å². The minimum absolute atomic E-state index is 0.115. The summed E-state index contributed by atoms with van der Waals surface area (Å²) in [5.74, 6) is -2.23. The second-order valence-corrected chi connectivity index (χ2v) is 5.94. The van der Waals surface area contributed by atoms with E-state index in [0.29, 0.717) is 5.56 Å². The van der Waals surface area contributed by atoms with Crippen LogP contribution in [0.25, 0.3) is 17.3 Å². The summed E-state index contributed by atoms with van der Waals surface area (Å²) >= 11 is 0. The third-order valence-corrected chi connectivity index (χ3v) is 3.93. The highest BCUT2D eigenvalue weighted by atomic mass is 19.4. The zero-order chi connectivity index (χ0) is 20.5. The van der Waals surface area contributed by atoms with Gasteiger partial charge in [-0.2, -0.15) is 23.5 Å². The number of aromatic nitrogens is 2. The van der Waals surface area contributed by atoms with Gasteiger partial charge in [0.25, 0.3) is 0 Å². The van der Waals surface area contributed by atoms with Gasteiger partial charge in [0.2, 0.25) is 0 Å². The summed E-state index contributed by atoms with van der Waals surface area (Å²) in [4.78, 5) is 0. The fourth-order valence-corrected chi connectivity index (χ4v) is 2.66. The smallest absolute Gasteiger partial charge is 0.228 e. The maximum Gasteiger partial charge on any atom is 0.433 e. The van der Waals surface area contributed by atoms with Gasteiger partial charge in [-0.05, 0) is 42.8 Å². The Morgan fingerprint density at radius 2 is 1.79 bits per heavy atom. The highest BCUT2D eigenvalue weighted by Gasteiger charge is 2.35. The third-order valence-electron chi connectivity index (χ3n) is 3.93. The molecule has 2 aromatic carbocycles. The Labute approximate surface area is 157 Å². The molecule has 3 aromatic rings. The molecule has 0 amide bonds. The molecule has 0 fully saturated rings. The lowest BCUT2D eigenvalue weighted by atomic mass is 10.0. The second kappa shape index (κ2) is 7.27. The average Bonchev–Trinajstić information content (AvgIpc) is 3.05. The van der Waals surface area contributed by atoms with Crippen molar-refractivity contribution in [2.24, 2.45) is 0 Å². The second-order valence-electron chi connectivity index (χ2n) is 5.94. The molecule has 0 bridgehead atoms. The van der Waals surface area contributed by atoms with Crippen LogP contribution in [0.1, 0.15) is 22.5 Å². The van der Waals surface area contributed by atoms with Crippen LogP contribution in [-0.4, -0.2) is 9.78 Å². The van der Waals surface area contributed by atoms with Crippen LogP contribution in [0.15, 0.2) is 48.5 Å². The number of aryl methyl sites for hydroxylation is 1. The minimum atomic E-state index is -4.57. The molecule has 0 aliphatic rings. The van der Waals surface area contributed by atoms with Gasteiger partial charge < -0.3 is 0 Å². The van der Waals surface area contributed by atoms with Crippen molar-refractivity contribution in [1.82, 2.24) is 9.78 Å². The molecular formula is C20H12F5N3. The predicted molar refractivity (Wildman–Crippen MR) is 93.1 cm³/mol. The van der Waals surface area contributed by atoms with Gasteiger partial charge in [0.05, 0.1) is 23.0 Å². The van der Waals surface area contributed by atoms with Gasteiger partial charge >= 0.3 is 6.18 Å². The van der Waals surface area contributed by atoms with Crippen molar-refractivity contribution in [3.63, 3.8) is 0 Å². The van der Waals surface area contributed by atoms with Crippen LogP contribution in [0.2, 0.25) is 0 Å². The van der Waals surface area contributed by atoms with Crippen LogP contribution in [0.4, 0.5) is 22.0 Å². The van der Waals surface area contributed by atoms with Gasteiger partial charge in [0.1, 0.15) is 5.69 Å². The van der Waals surface area contributed by atoms with E-state index in [4.69, 9.17) is 0 Å². The quantitative estimate of drug-likeness (QED) is 0.335. The number of nitrogens with zero attached hydrogens (tertiary/aromatic N) is 3. The van der Waals surface area contributed by atoms with E-state index in [1.165, 1.54) is 49.4 Å². The molecule has 0 aliphatic carbocycles. The molecule has 0 unspecified atom stereocenters. The Morgan fingerprint density at radius 3 is 2.39 bits per heavy atom. The van der Waals surface area contributed by atoms with Crippen LogP contribution in [0.5, 0.6) is 0 Å². The molecule has 3 nitrogen and oxygen atoms in total. The highest BCUT2D eigenvalue weighted by Crippen LogP contribution is 2.31. The van der Waals surface area contributed by atoms with Crippen LogP contribution < -0.4 is 0 Å². The molecule has 8 heteroatoms. The number of halogens is 5. The van der Waals surface area contributed by atoms with Gasteiger partial charge in [-0.3, -0.25) is 0 Å². The number of rotatable bonds is 3. The standard InChI is InChI=1S/C20H12F5N3/c1-12-9-18(20(23,24)25)28(27-12)15-7-5-13(6-8-15)10-14(11-26)16-3-2-4-17(21)19(16)22/h2-10H,1H3. The predicted octanol–water partition coefficient (Wildman–Crippen LogP) is 5.54. The molecule has 1 heterocycles. The van der Waals surface area contributed by atoms with Crippen LogP contribution in [0.3, 0.4) is 0 Å². The van der Waals surface area contributed by atoms with E-state index in [-0.39, 0.29) is 22.5 Å². The fraction of sp³-hybridized carbons (Fsp3) is 0.100. The molecule has 142 valence electrons. The van der Waals surface area contributed by atoms with E-state index in [2.05, 4.69) is 5.10 Å². The molecule has 0 N–H and O–H groups in total. The van der Waals surface area contributed by atoms with Gasteiger partial charge in [0, 0.05) is 5.56 Å². The maximum atomic E-state index is 13.9. The lowest BCUT2D eigenvalue weighted by molar-refractivity contribution is -0.142. The van der Waals surface area contributed by atoms with Crippen LogP contribution in [0, 0.1) is 29.9 Å². The van der Waals surface area contributed by atoms with Gasteiger partial charge in [0.15, 0.2) is 11.6 Å². The van der Waals surface area contributed by atoms with Gasteiger partial charge in [-0.25, -0.2) is 13.5 Å². The summed E-state index contributed by atoms with van der Waals surface area (Å²) in [7, 11) is 0. The van der Waals surface area contributed by atoms with Crippen molar-refractivity contribution >= 4 is 11.6 Å². The fourth-order valence-electron chi connectivity index (χ4n) is 2.66. The Hall–Kier alpha value is -3.47. The molecule has 3 rings (SSSR count). The summed E-state index contributed by atoms with van der Waals surface area (Å²) < 4.78 is 67.4. The summed E-state index contributed by atoms with van der Waals surface area (Å²) in [6.07, 6.45) is -3.25. The largest absolute Gasteiger partial charge is 0.433 e. The van der Waals surface area contributed by atoms with E-state index in [0.717, 1.165) is 16.8 Å². The van der Waals surface area contributed by atoms with Crippen molar-refractivity contribution in [1.29, 1.82) is 5.26 Å². The molecule has 28 heavy (non-hydrogen) atoms. The minimum Gasteiger partial charge on any atom is -0.228 e. The van der Waals surface area contributed by atoms with E-state index in [1.54, 1.807) is 6.07 Å². The van der Waals surface area contributed by atoms with Crippen LogP contribution >= 0.6 is 0 Å². The van der Waals surface area contributed by atoms with E-state index >= 15 is 0 Å². The zero-order valence-corrected chi connectivity index (χ0v) is 14.4. The summed E-state index contributed by atoms with van der Waals surface area (Å²) in [5.41, 5.74) is -0.406. The Bertz CT molecular complexity index is 1090. The lowest BCUT2D eigenvalue weighted by Gasteiger charge is -2.10. The average molecular weight is 389 g/mol. The first-order valence-corrected chi connectivity index (χ1v) is 8.01. The molecule has 0 aliphatic heterocycles. The molecule has 0 atom stereocenters. The van der Waals surface area contributed by atoms with Crippen molar-refractivity contribution in [3.8, 4) is 11.8 Å². The van der Waals surface area contributed by atoms with Gasteiger partial charge in [-0.15, -0.1) is 0 Å².